The topological polar surface area (TPSA) is 110 Å². The molecule has 0 spiro atoms. The van der Waals surface area contributed by atoms with Gasteiger partial charge in [-0.3, -0.25) is 4.79 Å². The normalized spacial score (nSPS) is 48.9. The van der Waals surface area contributed by atoms with Crippen LogP contribution in [0.1, 0.15) is 72.6 Å². The van der Waals surface area contributed by atoms with Gasteiger partial charge in [0.15, 0.2) is 24.0 Å². The molecule has 2 saturated carbocycles. The first kappa shape index (κ1) is 25.7. The summed E-state index contributed by atoms with van der Waals surface area (Å²) >= 11 is 0. The van der Waals surface area contributed by atoms with Gasteiger partial charge < -0.3 is 33.5 Å². The molecule has 37 heavy (non-hydrogen) atoms. The summed E-state index contributed by atoms with van der Waals surface area (Å²) in [6, 6.07) is 0. The summed E-state index contributed by atoms with van der Waals surface area (Å²) in [5.41, 5.74) is 1.36. The molecule has 6 rings (SSSR count). The highest BCUT2D eigenvalue weighted by atomic mass is 16.8. The highest BCUT2D eigenvalue weighted by Crippen LogP contribution is 2.76. The van der Waals surface area contributed by atoms with E-state index in [4.69, 9.17) is 28.4 Å². The number of carbonyl (C=O) groups is 2. The lowest BCUT2D eigenvalue weighted by atomic mass is 9.48. The molecule has 1 N–H and O–H groups in total. The predicted molar refractivity (Wildman–Crippen MR) is 129 cm³/mol. The molecular formula is C28H40O9. The Kier molecular flexibility index (Phi) is 5.91. The molecule has 0 aromatic rings. The summed E-state index contributed by atoms with van der Waals surface area (Å²) in [4.78, 5) is 23.3. The van der Waals surface area contributed by atoms with E-state index in [1.54, 1.807) is 0 Å². The lowest BCUT2D eigenvalue weighted by Crippen LogP contribution is -2.60. The van der Waals surface area contributed by atoms with Gasteiger partial charge in [0.05, 0.1) is 38.3 Å². The first-order chi connectivity index (χ1) is 17.5. The van der Waals surface area contributed by atoms with Crippen molar-refractivity contribution in [3.05, 3.63) is 11.6 Å². The Morgan fingerprint density at radius 2 is 1.97 bits per heavy atom. The Morgan fingerprint density at radius 1 is 1.19 bits per heavy atom. The first-order valence-electron chi connectivity index (χ1n) is 13.8. The summed E-state index contributed by atoms with van der Waals surface area (Å²) < 4.78 is 36.3. The largest absolute Gasteiger partial charge is 0.479 e. The van der Waals surface area contributed by atoms with Gasteiger partial charge >= 0.3 is 11.9 Å². The maximum absolute atomic E-state index is 11.9. The number of carbonyl (C=O) groups excluding carboxylic acids is 1. The number of ether oxygens (including phenoxy) is 6. The molecule has 0 unspecified atom stereocenters. The standard InChI is InChI=1S/C28H40O9/c1-15(24(30)31)34-22(13-21(29)32-5)35-17-8-10-25(2)16(12-17)6-7-19-18(25)9-11-26(3)23-20-14-33-27(23,4)37-28(19,26)36-20/h6,15,17-20,22-23H,7-14H2,1-5H3,(H,30,31)/t15-,17+,18+,19-,20-,22+,23+,25+,26-,27+,28+/m1/s1. The molecule has 2 bridgehead atoms. The van der Waals surface area contributed by atoms with E-state index in [1.165, 1.54) is 19.6 Å². The number of hydrogen-bond acceptors (Lipinski definition) is 8. The lowest BCUT2D eigenvalue weighted by molar-refractivity contribution is -0.358. The van der Waals surface area contributed by atoms with E-state index in [2.05, 4.69) is 26.8 Å². The summed E-state index contributed by atoms with van der Waals surface area (Å²) in [6.45, 7) is 8.90. The van der Waals surface area contributed by atoms with Crippen LogP contribution >= 0.6 is 0 Å². The van der Waals surface area contributed by atoms with E-state index in [-0.39, 0.29) is 41.3 Å². The number of fused-ring (bicyclic) bond motifs is 3. The SMILES string of the molecule is COC(=O)C[C@H](O[C@H]1CC[C@@]2(C)C(=CC[C@@H]3[C@@H]2CC[C@]2(C)[C@@H]4[C@H]5CO[C@@]4(C)O[C@@]32O5)C1)O[C@H](C)C(=O)O. The van der Waals surface area contributed by atoms with Crippen LogP contribution in [0.3, 0.4) is 0 Å². The molecule has 3 aliphatic carbocycles. The molecule has 5 fully saturated rings. The molecule has 0 amide bonds. The molecule has 9 nitrogen and oxygen atoms in total. The number of aliphatic carboxylic acids is 1. The van der Waals surface area contributed by atoms with E-state index in [0.717, 1.165) is 38.5 Å². The molecule has 0 radical (unpaired) electrons. The van der Waals surface area contributed by atoms with E-state index in [9.17, 15) is 14.7 Å². The lowest BCUT2D eigenvalue weighted by Gasteiger charge is -2.59. The molecule has 3 saturated heterocycles. The van der Waals surface area contributed by atoms with E-state index < -0.39 is 35.9 Å². The van der Waals surface area contributed by atoms with Crippen molar-refractivity contribution < 1.29 is 43.1 Å². The molecule has 9 heteroatoms. The zero-order valence-electron chi connectivity index (χ0n) is 22.5. The maximum atomic E-state index is 11.9. The average molecular weight is 521 g/mol. The van der Waals surface area contributed by atoms with Crippen LogP contribution in [-0.4, -0.2) is 66.9 Å². The van der Waals surface area contributed by atoms with Crippen molar-refractivity contribution in [2.24, 2.45) is 28.6 Å². The van der Waals surface area contributed by atoms with Crippen LogP contribution in [0, 0.1) is 28.6 Å². The molecule has 3 heterocycles. The highest BCUT2D eigenvalue weighted by Gasteiger charge is 2.83. The quantitative estimate of drug-likeness (QED) is 0.305. The van der Waals surface area contributed by atoms with Gasteiger partial charge in [-0.05, 0) is 63.7 Å². The second-order valence-corrected chi connectivity index (χ2v) is 12.6. The molecule has 0 aromatic heterocycles. The van der Waals surface area contributed by atoms with Crippen LogP contribution in [0.4, 0.5) is 0 Å². The minimum absolute atomic E-state index is 0.0140. The maximum Gasteiger partial charge on any atom is 0.332 e. The van der Waals surface area contributed by atoms with Gasteiger partial charge in [-0.15, -0.1) is 0 Å². The van der Waals surface area contributed by atoms with Crippen LogP contribution in [0.5, 0.6) is 0 Å². The number of rotatable bonds is 7. The minimum Gasteiger partial charge on any atom is -0.479 e. The average Bonchev–Trinajstić information content (AvgIpc) is 3.33. The Bertz CT molecular complexity index is 1010. The van der Waals surface area contributed by atoms with Crippen LogP contribution in [0.25, 0.3) is 0 Å². The number of hydrogen-bond donors (Lipinski definition) is 1. The highest BCUT2D eigenvalue weighted by molar-refractivity contribution is 5.72. The Hall–Kier alpha value is -1.52. The van der Waals surface area contributed by atoms with Gasteiger partial charge in [0, 0.05) is 11.3 Å². The fourth-order valence-corrected chi connectivity index (χ4v) is 9.07. The summed E-state index contributed by atoms with van der Waals surface area (Å²) in [5, 5.41) is 9.27. The van der Waals surface area contributed by atoms with Crippen molar-refractivity contribution in [2.45, 2.75) is 109 Å². The Labute approximate surface area is 218 Å². The van der Waals surface area contributed by atoms with Crippen LogP contribution in [0.2, 0.25) is 0 Å². The van der Waals surface area contributed by atoms with Crippen LogP contribution in [0.15, 0.2) is 11.6 Å². The second kappa shape index (κ2) is 8.49. The predicted octanol–water partition coefficient (Wildman–Crippen LogP) is 3.79. The number of carboxylic acids is 1. The molecule has 11 atom stereocenters. The number of allylic oxidation sites excluding steroid dienone is 1. The van der Waals surface area contributed by atoms with Crippen molar-refractivity contribution in [2.75, 3.05) is 13.7 Å². The van der Waals surface area contributed by atoms with E-state index in [1.807, 2.05) is 0 Å². The van der Waals surface area contributed by atoms with Crippen molar-refractivity contribution in [1.29, 1.82) is 0 Å². The smallest absolute Gasteiger partial charge is 0.332 e. The molecule has 3 aliphatic heterocycles. The zero-order valence-corrected chi connectivity index (χ0v) is 22.5. The van der Waals surface area contributed by atoms with Crippen LogP contribution < -0.4 is 0 Å². The molecule has 0 aromatic carbocycles. The minimum atomic E-state index is -1.10. The fourth-order valence-electron chi connectivity index (χ4n) is 9.07. The molecule has 206 valence electrons. The van der Waals surface area contributed by atoms with Crippen molar-refractivity contribution in [3.8, 4) is 0 Å². The number of carboxylic acid groups (broad SMARTS) is 1. The van der Waals surface area contributed by atoms with Gasteiger partial charge in [0.25, 0.3) is 0 Å². The third kappa shape index (κ3) is 3.53. The van der Waals surface area contributed by atoms with Gasteiger partial charge in [0.2, 0.25) is 0 Å². The second-order valence-electron chi connectivity index (χ2n) is 12.6. The summed E-state index contributed by atoms with van der Waals surface area (Å²) in [5.74, 6) is -1.74. The van der Waals surface area contributed by atoms with E-state index in [0.29, 0.717) is 12.5 Å². The summed E-state index contributed by atoms with van der Waals surface area (Å²) in [7, 11) is 1.30. The molecular weight excluding hydrogens is 480 g/mol. The monoisotopic (exact) mass is 520 g/mol. The number of esters is 1. The van der Waals surface area contributed by atoms with Crippen molar-refractivity contribution in [3.63, 3.8) is 0 Å². The van der Waals surface area contributed by atoms with Gasteiger partial charge in [-0.2, -0.15) is 0 Å². The van der Waals surface area contributed by atoms with E-state index >= 15 is 0 Å². The van der Waals surface area contributed by atoms with Crippen LogP contribution in [-0.2, 0) is 38.0 Å². The Balaban J connectivity index is 1.21. The first-order valence-corrected chi connectivity index (χ1v) is 13.8. The van der Waals surface area contributed by atoms with Gasteiger partial charge in [-0.25, -0.2) is 4.79 Å². The van der Waals surface area contributed by atoms with Gasteiger partial charge in [-0.1, -0.05) is 25.5 Å². The summed E-state index contributed by atoms with van der Waals surface area (Å²) in [6.07, 6.45) is 5.71. The third-order valence-corrected chi connectivity index (χ3v) is 10.8. The number of methoxy groups -OCH3 is 1. The van der Waals surface area contributed by atoms with Crippen molar-refractivity contribution >= 4 is 11.9 Å². The third-order valence-electron chi connectivity index (χ3n) is 10.8. The zero-order chi connectivity index (χ0) is 26.4. The molecule has 6 aliphatic rings. The van der Waals surface area contributed by atoms with Gasteiger partial charge in [0.1, 0.15) is 0 Å². The Morgan fingerprint density at radius 3 is 2.68 bits per heavy atom. The van der Waals surface area contributed by atoms with Crippen molar-refractivity contribution in [1.82, 2.24) is 0 Å². The fraction of sp³-hybridized carbons (Fsp3) is 0.857.